The van der Waals surface area contributed by atoms with Gasteiger partial charge in [0.1, 0.15) is 0 Å². The van der Waals surface area contributed by atoms with Gasteiger partial charge in [-0.2, -0.15) is 13.2 Å². The summed E-state index contributed by atoms with van der Waals surface area (Å²) in [6.07, 6.45) is -5.66. The van der Waals surface area contributed by atoms with Gasteiger partial charge < -0.3 is 10.5 Å². The molecule has 0 amide bonds. The maximum Gasteiger partial charge on any atom is 0.417 e. The van der Waals surface area contributed by atoms with Gasteiger partial charge in [0.15, 0.2) is 0 Å². The van der Waals surface area contributed by atoms with Crippen LogP contribution < -0.4 is 5.73 Å². The minimum absolute atomic E-state index is 0.0906. The van der Waals surface area contributed by atoms with Crippen molar-refractivity contribution in [1.82, 2.24) is 4.98 Å². The molecule has 0 aliphatic heterocycles. The zero-order chi connectivity index (χ0) is 14.7. The van der Waals surface area contributed by atoms with E-state index in [1.54, 1.807) is 19.1 Å². The second kappa shape index (κ2) is 5.56. The monoisotopic (exact) mass is 276 g/mol. The number of aryl methyl sites for hydroxylation is 1. The minimum atomic E-state index is -4.91. The first-order valence-electron chi connectivity index (χ1n) is 5.66. The van der Waals surface area contributed by atoms with E-state index in [2.05, 4.69) is 9.72 Å². The van der Waals surface area contributed by atoms with Crippen molar-refractivity contribution < 1.29 is 22.7 Å². The van der Waals surface area contributed by atoms with E-state index < -0.39 is 24.1 Å². The first-order valence-corrected chi connectivity index (χ1v) is 5.66. The van der Waals surface area contributed by atoms with E-state index in [1.807, 2.05) is 0 Å². The Labute approximate surface area is 108 Å². The summed E-state index contributed by atoms with van der Waals surface area (Å²) in [7, 11) is 0. The van der Waals surface area contributed by atoms with E-state index >= 15 is 0 Å². The second-order valence-corrected chi connectivity index (χ2v) is 4.14. The number of pyridine rings is 1. The fourth-order valence-corrected chi connectivity index (χ4v) is 1.53. The third-order valence-electron chi connectivity index (χ3n) is 2.55. The second-order valence-electron chi connectivity index (χ2n) is 4.14. The molecule has 0 aliphatic rings. The van der Waals surface area contributed by atoms with Crippen LogP contribution in [0, 0.1) is 6.92 Å². The zero-order valence-electron chi connectivity index (χ0n) is 10.6. The van der Waals surface area contributed by atoms with Crippen LogP contribution in [0.1, 0.15) is 18.3 Å². The number of alkyl halides is 3. The maximum atomic E-state index is 13.0. The third kappa shape index (κ3) is 3.44. The molecule has 0 bridgehead atoms. The number of nitrogens with zero attached hydrogens (tertiary/aromatic N) is 1. The van der Waals surface area contributed by atoms with E-state index in [9.17, 15) is 18.0 Å². The molecule has 1 aromatic rings. The van der Waals surface area contributed by atoms with Crippen molar-refractivity contribution in [3.8, 4) is 0 Å². The number of rotatable bonds is 4. The number of hydrogen-bond acceptors (Lipinski definition) is 4. The highest BCUT2D eigenvalue weighted by molar-refractivity contribution is 5.82. The lowest BCUT2D eigenvalue weighted by Gasteiger charge is -2.29. The van der Waals surface area contributed by atoms with Crippen molar-refractivity contribution in [1.29, 1.82) is 0 Å². The van der Waals surface area contributed by atoms with Crippen molar-refractivity contribution in [2.24, 2.45) is 5.73 Å². The van der Waals surface area contributed by atoms with Gasteiger partial charge in [0, 0.05) is 17.8 Å². The van der Waals surface area contributed by atoms with Gasteiger partial charge in [-0.05, 0) is 26.0 Å². The van der Waals surface area contributed by atoms with Crippen LogP contribution in [0.3, 0.4) is 0 Å². The molecule has 0 saturated carbocycles. The molecule has 0 spiro atoms. The van der Waals surface area contributed by atoms with Crippen LogP contribution in [0.5, 0.6) is 0 Å². The van der Waals surface area contributed by atoms with Crippen LogP contribution >= 0.6 is 0 Å². The summed E-state index contributed by atoms with van der Waals surface area (Å²) in [5, 5.41) is 0. The lowest BCUT2D eigenvalue weighted by atomic mass is 9.93. The molecule has 0 fully saturated rings. The summed E-state index contributed by atoms with van der Waals surface area (Å²) in [5.74, 6) is -1.49. The van der Waals surface area contributed by atoms with Crippen LogP contribution in [0.4, 0.5) is 13.2 Å². The molecular formula is C12H15F3N2O2. The van der Waals surface area contributed by atoms with Gasteiger partial charge in [-0.3, -0.25) is 4.98 Å². The summed E-state index contributed by atoms with van der Waals surface area (Å²) in [6.45, 7) is 2.88. The van der Waals surface area contributed by atoms with E-state index in [1.165, 1.54) is 13.0 Å². The fourth-order valence-electron chi connectivity index (χ4n) is 1.53. The van der Waals surface area contributed by atoms with Gasteiger partial charge in [-0.15, -0.1) is 0 Å². The van der Waals surface area contributed by atoms with Crippen LogP contribution in [0.15, 0.2) is 18.2 Å². The molecule has 4 nitrogen and oxygen atoms in total. The predicted molar refractivity (Wildman–Crippen MR) is 62.3 cm³/mol. The van der Waals surface area contributed by atoms with Gasteiger partial charge in [0.2, 0.25) is 5.54 Å². The molecule has 1 aromatic heterocycles. The van der Waals surface area contributed by atoms with Crippen LogP contribution in [-0.2, 0) is 16.0 Å². The van der Waals surface area contributed by atoms with Gasteiger partial charge >= 0.3 is 12.1 Å². The van der Waals surface area contributed by atoms with Crippen LogP contribution in [0.2, 0.25) is 0 Å². The Morgan fingerprint density at radius 2 is 2.05 bits per heavy atom. The molecule has 0 aliphatic carbocycles. The summed E-state index contributed by atoms with van der Waals surface area (Å²) in [6, 6.07) is 4.58. The predicted octanol–water partition coefficient (Wildman–Crippen LogP) is 1.76. The molecule has 7 heteroatoms. The van der Waals surface area contributed by atoms with Crippen molar-refractivity contribution in [3.05, 3.63) is 29.6 Å². The minimum Gasteiger partial charge on any atom is -0.464 e. The van der Waals surface area contributed by atoms with E-state index in [-0.39, 0.29) is 12.3 Å². The highest BCUT2D eigenvalue weighted by Gasteiger charge is 2.59. The standard InChI is InChI=1S/C12H15F3N2O2/c1-3-19-10(18)11(16,12(13,14)15)7-9-6-4-5-8(2)17-9/h4-6H,3,7,16H2,1-2H3. The van der Waals surface area contributed by atoms with Crippen LogP contribution in [-0.4, -0.2) is 29.3 Å². The molecule has 19 heavy (non-hydrogen) atoms. The normalized spacial score (nSPS) is 14.8. The molecular weight excluding hydrogens is 261 g/mol. The number of nitrogens with two attached hydrogens (primary N) is 1. The number of carbonyl (C=O) groups is 1. The first kappa shape index (κ1) is 15.4. The summed E-state index contributed by atoms with van der Waals surface area (Å²) in [5.41, 5.74) is 2.81. The molecule has 0 saturated heterocycles. The number of halogens is 3. The average Bonchev–Trinajstić information content (AvgIpc) is 2.27. The number of esters is 1. The number of carbonyl (C=O) groups excluding carboxylic acids is 1. The molecule has 106 valence electrons. The van der Waals surface area contributed by atoms with E-state index in [4.69, 9.17) is 5.73 Å². The maximum absolute atomic E-state index is 13.0. The Balaban J connectivity index is 3.09. The van der Waals surface area contributed by atoms with E-state index in [0.717, 1.165) is 0 Å². The Bertz CT molecular complexity index is 463. The Hall–Kier alpha value is -1.63. The summed E-state index contributed by atoms with van der Waals surface area (Å²) >= 11 is 0. The topological polar surface area (TPSA) is 65.2 Å². The molecule has 1 rings (SSSR count). The largest absolute Gasteiger partial charge is 0.464 e. The van der Waals surface area contributed by atoms with Crippen molar-refractivity contribution in [3.63, 3.8) is 0 Å². The highest BCUT2D eigenvalue weighted by Crippen LogP contribution is 2.32. The average molecular weight is 276 g/mol. The fraction of sp³-hybridized carbons (Fsp3) is 0.500. The molecule has 0 radical (unpaired) electrons. The van der Waals surface area contributed by atoms with Gasteiger partial charge in [-0.25, -0.2) is 4.79 Å². The lowest BCUT2D eigenvalue weighted by Crippen LogP contribution is -2.62. The Morgan fingerprint density at radius 1 is 1.42 bits per heavy atom. The SMILES string of the molecule is CCOC(=O)C(N)(Cc1cccc(C)n1)C(F)(F)F. The van der Waals surface area contributed by atoms with Crippen molar-refractivity contribution >= 4 is 5.97 Å². The van der Waals surface area contributed by atoms with Gasteiger partial charge in [-0.1, -0.05) is 6.07 Å². The molecule has 2 N–H and O–H groups in total. The number of ether oxygens (including phenoxy) is 1. The number of hydrogen-bond donors (Lipinski definition) is 1. The third-order valence-corrected chi connectivity index (χ3v) is 2.55. The van der Waals surface area contributed by atoms with E-state index in [0.29, 0.717) is 5.69 Å². The molecule has 1 atom stereocenters. The molecule has 1 heterocycles. The first-order chi connectivity index (χ1) is 8.70. The molecule has 1 unspecified atom stereocenters. The van der Waals surface area contributed by atoms with Crippen molar-refractivity contribution in [2.75, 3.05) is 6.61 Å². The summed E-state index contributed by atoms with van der Waals surface area (Å²) in [4.78, 5) is 15.4. The lowest BCUT2D eigenvalue weighted by molar-refractivity contribution is -0.205. The Morgan fingerprint density at radius 3 is 2.53 bits per heavy atom. The Kier molecular flexibility index (Phi) is 4.52. The van der Waals surface area contributed by atoms with Crippen molar-refractivity contribution in [2.45, 2.75) is 32.0 Å². The van der Waals surface area contributed by atoms with Gasteiger partial charge in [0.25, 0.3) is 0 Å². The highest BCUT2D eigenvalue weighted by atomic mass is 19.4. The smallest absolute Gasteiger partial charge is 0.417 e. The quantitative estimate of drug-likeness (QED) is 0.851. The summed E-state index contributed by atoms with van der Waals surface area (Å²) < 4.78 is 43.5. The number of aromatic nitrogens is 1. The zero-order valence-corrected chi connectivity index (χ0v) is 10.6. The molecule has 0 aromatic carbocycles. The van der Waals surface area contributed by atoms with Gasteiger partial charge in [0.05, 0.1) is 6.61 Å². The van der Waals surface area contributed by atoms with Crippen LogP contribution in [0.25, 0.3) is 0 Å².